The SMILES string of the molecule is CC[C@H](c1nnnn1Cc1ccc(F)cc1)N(Cc1ccccc1)Cc1cc2cc(C)ccc2[nH]c1=O. The standard InChI is InChI=1S/C29H29FN6O/c1-3-27(28-32-33-34-36(28)18-22-10-12-25(30)13-11-22)35(17-21-7-5-4-6-8-21)19-24-16-23-15-20(2)9-14-26(23)31-29(24)37/h4-16,27H,3,17-19H2,1-2H3,(H,31,37)/t27-/m1/s1. The summed E-state index contributed by atoms with van der Waals surface area (Å²) in [5.41, 5.74) is 4.58. The topological polar surface area (TPSA) is 79.7 Å². The Morgan fingerprint density at radius 3 is 2.51 bits per heavy atom. The third kappa shape index (κ3) is 5.65. The second kappa shape index (κ2) is 10.8. The molecule has 0 radical (unpaired) electrons. The van der Waals surface area contributed by atoms with Crippen LogP contribution in [0.1, 0.15) is 47.5 Å². The van der Waals surface area contributed by atoms with Crippen molar-refractivity contribution in [2.45, 2.75) is 45.9 Å². The van der Waals surface area contributed by atoms with Crippen LogP contribution in [0.5, 0.6) is 0 Å². The predicted molar refractivity (Wildman–Crippen MR) is 141 cm³/mol. The van der Waals surface area contributed by atoms with E-state index in [4.69, 9.17) is 0 Å². The van der Waals surface area contributed by atoms with Gasteiger partial charge in [0.25, 0.3) is 5.56 Å². The molecule has 0 spiro atoms. The van der Waals surface area contributed by atoms with E-state index >= 15 is 0 Å². The molecule has 2 aromatic heterocycles. The van der Waals surface area contributed by atoms with Gasteiger partial charge in [0, 0.05) is 24.2 Å². The van der Waals surface area contributed by atoms with Gasteiger partial charge in [-0.3, -0.25) is 9.69 Å². The summed E-state index contributed by atoms with van der Waals surface area (Å²) in [5.74, 6) is 0.424. The summed E-state index contributed by atoms with van der Waals surface area (Å²) in [4.78, 5) is 18.4. The monoisotopic (exact) mass is 496 g/mol. The lowest BCUT2D eigenvalue weighted by Crippen LogP contribution is -2.32. The van der Waals surface area contributed by atoms with Crippen molar-refractivity contribution in [3.8, 4) is 0 Å². The van der Waals surface area contributed by atoms with Gasteiger partial charge in [0.05, 0.1) is 12.6 Å². The van der Waals surface area contributed by atoms with Gasteiger partial charge in [-0.05, 0) is 70.6 Å². The maximum Gasteiger partial charge on any atom is 0.252 e. The van der Waals surface area contributed by atoms with Crippen molar-refractivity contribution in [3.05, 3.63) is 123 Å². The maximum absolute atomic E-state index is 13.4. The molecule has 5 rings (SSSR count). The molecular formula is C29H29FN6O. The molecule has 0 saturated heterocycles. The molecule has 0 bridgehead atoms. The van der Waals surface area contributed by atoms with E-state index in [0.29, 0.717) is 31.0 Å². The lowest BCUT2D eigenvalue weighted by atomic mass is 10.1. The van der Waals surface area contributed by atoms with Gasteiger partial charge in [0.2, 0.25) is 0 Å². The molecule has 0 amide bonds. The zero-order valence-electron chi connectivity index (χ0n) is 20.9. The largest absolute Gasteiger partial charge is 0.322 e. The summed E-state index contributed by atoms with van der Waals surface area (Å²) >= 11 is 0. The summed E-state index contributed by atoms with van der Waals surface area (Å²) in [6, 6.07) is 24.4. The van der Waals surface area contributed by atoms with Crippen LogP contribution in [0.2, 0.25) is 0 Å². The van der Waals surface area contributed by atoms with Crippen molar-refractivity contribution in [1.82, 2.24) is 30.1 Å². The average molecular weight is 497 g/mol. The van der Waals surface area contributed by atoms with Crippen LogP contribution < -0.4 is 5.56 Å². The van der Waals surface area contributed by atoms with E-state index in [2.05, 4.69) is 50.5 Å². The van der Waals surface area contributed by atoms with E-state index in [9.17, 15) is 9.18 Å². The summed E-state index contributed by atoms with van der Waals surface area (Å²) in [6.07, 6.45) is 0.737. The van der Waals surface area contributed by atoms with Gasteiger partial charge in [-0.1, -0.05) is 61.0 Å². The number of aromatic amines is 1. The van der Waals surface area contributed by atoms with Gasteiger partial charge in [0.1, 0.15) is 5.82 Å². The van der Waals surface area contributed by atoms with Crippen LogP contribution in [0, 0.1) is 12.7 Å². The number of hydrogen-bond donors (Lipinski definition) is 1. The Morgan fingerprint density at radius 1 is 0.973 bits per heavy atom. The second-order valence-corrected chi connectivity index (χ2v) is 9.35. The van der Waals surface area contributed by atoms with Gasteiger partial charge in [-0.2, -0.15) is 0 Å². The van der Waals surface area contributed by atoms with Crippen LogP contribution in [-0.2, 0) is 19.6 Å². The third-order valence-electron chi connectivity index (χ3n) is 6.61. The molecule has 2 heterocycles. The number of aryl methyl sites for hydroxylation is 1. The Hall–Kier alpha value is -4.17. The third-order valence-corrected chi connectivity index (χ3v) is 6.61. The van der Waals surface area contributed by atoms with Crippen LogP contribution >= 0.6 is 0 Å². The van der Waals surface area contributed by atoms with E-state index < -0.39 is 0 Å². The molecule has 188 valence electrons. The van der Waals surface area contributed by atoms with Gasteiger partial charge >= 0.3 is 0 Å². The number of benzene rings is 3. The Bertz CT molecular complexity index is 1540. The lowest BCUT2D eigenvalue weighted by molar-refractivity contribution is 0.161. The number of fused-ring (bicyclic) bond motifs is 1. The molecule has 1 atom stereocenters. The maximum atomic E-state index is 13.4. The van der Waals surface area contributed by atoms with Gasteiger partial charge < -0.3 is 4.98 Å². The van der Waals surface area contributed by atoms with Crippen LogP contribution in [0.25, 0.3) is 10.9 Å². The molecule has 37 heavy (non-hydrogen) atoms. The fourth-order valence-electron chi connectivity index (χ4n) is 4.73. The Kier molecular flexibility index (Phi) is 7.18. The van der Waals surface area contributed by atoms with Crippen LogP contribution in [0.15, 0.2) is 83.7 Å². The van der Waals surface area contributed by atoms with Crippen LogP contribution in [-0.4, -0.2) is 30.1 Å². The number of rotatable bonds is 9. The van der Waals surface area contributed by atoms with E-state index in [1.807, 2.05) is 43.3 Å². The minimum Gasteiger partial charge on any atom is -0.322 e. The second-order valence-electron chi connectivity index (χ2n) is 9.35. The number of halogens is 1. The van der Waals surface area contributed by atoms with Gasteiger partial charge in [-0.15, -0.1) is 5.10 Å². The molecule has 0 fully saturated rings. The number of hydrogen-bond acceptors (Lipinski definition) is 5. The molecule has 0 aliphatic carbocycles. The van der Waals surface area contributed by atoms with Crippen molar-refractivity contribution in [3.63, 3.8) is 0 Å². The van der Waals surface area contributed by atoms with E-state index in [-0.39, 0.29) is 17.4 Å². The number of tetrazole rings is 1. The highest BCUT2D eigenvalue weighted by molar-refractivity contribution is 5.79. The Balaban J connectivity index is 1.51. The van der Waals surface area contributed by atoms with Crippen molar-refractivity contribution in [2.24, 2.45) is 0 Å². The molecule has 0 aliphatic heterocycles. The highest BCUT2D eigenvalue weighted by Gasteiger charge is 2.26. The first kappa shape index (κ1) is 24.5. The number of H-pyrrole nitrogens is 1. The molecule has 5 aromatic rings. The van der Waals surface area contributed by atoms with Crippen molar-refractivity contribution in [2.75, 3.05) is 0 Å². The number of pyridine rings is 1. The molecule has 0 aliphatic rings. The molecule has 3 aromatic carbocycles. The first-order valence-electron chi connectivity index (χ1n) is 12.4. The molecule has 0 saturated carbocycles. The molecule has 0 unspecified atom stereocenters. The minimum absolute atomic E-state index is 0.102. The van der Waals surface area contributed by atoms with Gasteiger partial charge in [-0.25, -0.2) is 9.07 Å². The summed E-state index contributed by atoms with van der Waals surface area (Å²) in [7, 11) is 0. The van der Waals surface area contributed by atoms with E-state index in [1.165, 1.54) is 12.1 Å². The van der Waals surface area contributed by atoms with Crippen molar-refractivity contribution in [1.29, 1.82) is 0 Å². The average Bonchev–Trinajstić information content (AvgIpc) is 3.35. The molecule has 8 heteroatoms. The number of nitrogens with one attached hydrogen (secondary N) is 1. The first-order chi connectivity index (χ1) is 18.0. The smallest absolute Gasteiger partial charge is 0.252 e. The fraction of sp³-hybridized carbons (Fsp3) is 0.241. The van der Waals surface area contributed by atoms with Crippen molar-refractivity contribution < 1.29 is 4.39 Å². The minimum atomic E-state index is -0.281. The van der Waals surface area contributed by atoms with Gasteiger partial charge in [0.15, 0.2) is 5.82 Å². The highest BCUT2D eigenvalue weighted by atomic mass is 19.1. The Labute approximate surface area is 214 Å². The number of aromatic nitrogens is 5. The number of nitrogens with zero attached hydrogens (tertiary/aromatic N) is 5. The zero-order valence-corrected chi connectivity index (χ0v) is 20.9. The summed E-state index contributed by atoms with van der Waals surface area (Å²) < 4.78 is 15.2. The molecule has 1 N–H and O–H groups in total. The summed E-state index contributed by atoms with van der Waals surface area (Å²) in [6.45, 7) is 5.60. The van der Waals surface area contributed by atoms with E-state index in [0.717, 1.165) is 34.0 Å². The molecular weight excluding hydrogens is 467 g/mol. The molecule has 7 nitrogen and oxygen atoms in total. The van der Waals surface area contributed by atoms with Crippen LogP contribution in [0.4, 0.5) is 4.39 Å². The quantitative estimate of drug-likeness (QED) is 0.305. The van der Waals surface area contributed by atoms with Crippen molar-refractivity contribution >= 4 is 10.9 Å². The zero-order chi connectivity index (χ0) is 25.8. The predicted octanol–water partition coefficient (Wildman–Crippen LogP) is 5.16. The van der Waals surface area contributed by atoms with Crippen LogP contribution in [0.3, 0.4) is 0 Å². The lowest BCUT2D eigenvalue weighted by Gasteiger charge is -2.30. The normalized spacial score (nSPS) is 12.3. The summed E-state index contributed by atoms with van der Waals surface area (Å²) in [5, 5.41) is 13.6. The van der Waals surface area contributed by atoms with E-state index in [1.54, 1.807) is 16.8 Å². The highest BCUT2D eigenvalue weighted by Crippen LogP contribution is 2.27. The first-order valence-corrected chi connectivity index (χ1v) is 12.4. The fourth-order valence-corrected chi connectivity index (χ4v) is 4.73. The Morgan fingerprint density at radius 2 is 1.76 bits per heavy atom.